The lowest BCUT2D eigenvalue weighted by molar-refractivity contribution is -0.135. The van der Waals surface area contributed by atoms with Crippen LogP contribution in [0.1, 0.15) is 18.0 Å². The summed E-state index contributed by atoms with van der Waals surface area (Å²) in [4.78, 5) is 17.2. The molecular formula is C17H22N6O3S. The van der Waals surface area contributed by atoms with Crippen molar-refractivity contribution in [3.63, 3.8) is 0 Å². The lowest BCUT2D eigenvalue weighted by Gasteiger charge is -2.38. The van der Waals surface area contributed by atoms with E-state index in [4.69, 9.17) is 0 Å². The molecule has 0 aliphatic carbocycles. The monoisotopic (exact) mass is 390 g/mol. The number of sulfone groups is 1. The Morgan fingerprint density at radius 2 is 1.85 bits per heavy atom. The molecule has 2 aliphatic heterocycles. The third kappa shape index (κ3) is 3.86. The van der Waals surface area contributed by atoms with Crippen LogP contribution in [0.2, 0.25) is 0 Å². The molecule has 27 heavy (non-hydrogen) atoms. The van der Waals surface area contributed by atoms with Gasteiger partial charge in [-0.2, -0.15) is 0 Å². The highest BCUT2D eigenvalue weighted by Gasteiger charge is 2.36. The van der Waals surface area contributed by atoms with E-state index in [9.17, 15) is 13.2 Å². The van der Waals surface area contributed by atoms with Crippen molar-refractivity contribution in [1.82, 2.24) is 30.0 Å². The van der Waals surface area contributed by atoms with E-state index in [0.717, 1.165) is 5.56 Å². The highest BCUT2D eigenvalue weighted by molar-refractivity contribution is 7.91. The van der Waals surface area contributed by atoms with Gasteiger partial charge in [-0.15, -0.1) is 5.10 Å². The fourth-order valence-electron chi connectivity index (χ4n) is 3.87. The number of carbonyl (C=O) groups is 1. The molecule has 2 saturated heterocycles. The number of amides is 1. The molecule has 9 nitrogen and oxygen atoms in total. The van der Waals surface area contributed by atoms with Crippen molar-refractivity contribution in [1.29, 1.82) is 0 Å². The third-order valence-corrected chi connectivity index (χ3v) is 7.08. The standard InChI is InChI=1S/C17H22N6O3S/c24-17(16(23-13-18-19-20-23)14-4-2-1-3-5-14)22-9-7-21(8-10-22)15-6-11-27(25,26)12-15/h1-5,13,15-16H,6-12H2/t15-,16-/m1/s1. The summed E-state index contributed by atoms with van der Waals surface area (Å²) in [7, 11) is -2.90. The lowest BCUT2D eigenvalue weighted by atomic mass is 10.1. The minimum atomic E-state index is -2.90. The van der Waals surface area contributed by atoms with Gasteiger partial charge in [-0.25, -0.2) is 13.1 Å². The van der Waals surface area contributed by atoms with Gasteiger partial charge in [-0.05, 0) is 22.4 Å². The van der Waals surface area contributed by atoms with E-state index in [2.05, 4.69) is 20.4 Å². The topological polar surface area (TPSA) is 101 Å². The quantitative estimate of drug-likeness (QED) is 0.700. The van der Waals surface area contributed by atoms with Crippen LogP contribution in [0.15, 0.2) is 36.7 Å². The van der Waals surface area contributed by atoms with Gasteiger partial charge in [0.05, 0.1) is 11.5 Å². The van der Waals surface area contributed by atoms with Gasteiger partial charge in [0.1, 0.15) is 6.33 Å². The molecule has 0 bridgehead atoms. The zero-order valence-electron chi connectivity index (χ0n) is 14.9. The molecule has 0 unspecified atom stereocenters. The second-order valence-electron chi connectivity index (χ2n) is 7.02. The zero-order chi connectivity index (χ0) is 18.9. The van der Waals surface area contributed by atoms with Crippen LogP contribution < -0.4 is 0 Å². The van der Waals surface area contributed by atoms with Crippen molar-refractivity contribution in [3.05, 3.63) is 42.2 Å². The maximum absolute atomic E-state index is 13.2. The van der Waals surface area contributed by atoms with Crippen LogP contribution >= 0.6 is 0 Å². The van der Waals surface area contributed by atoms with Crippen molar-refractivity contribution in [2.45, 2.75) is 18.5 Å². The summed E-state index contributed by atoms with van der Waals surface area (Å²) in [5.41, 5.74) is 0.833. The van der Waals surface area contributed by atoms with Gasteiger partial charge in [0.25, 0.3) is 5.91 Å². The van der Waals surface area contributed by atoms with Gasteiger partial charge in [-0.3, -0.25) is 9.69 Å². The van der Waals surface area contributed by atoms with Crippen LogP contribution in [0.5, 0.6) is 0 Å². The van der Waals surface area contributed by atoms with Crippen molar-refractivity contribution >= 4 is 15.7 Å². The molecule has 0 N–H and O–H groups in total. The second kappa shape index (κ2) is 7.35. The molecule has 0 saturated carbocycles. The molecular weight excluding hydrogens is 368 g/mol. The largest absolute Gasteiger partial charge is 0.338 e. The molecule has 1 amide bonds. The predicted molar refractivity (Wildman–Crippen MR) is 97.6 cm³/mol. The average Bonchev–Trinajstić information content (AvgIpc) is 3.33. The number of tetrazole rings is 1. The van der Waals surface area contributed by atoms with Gasteiger partial charge in [-0.1, -0.05) is 30.3 Å². The third-order valence-electron chi connectivity index (χ3n) is 5.33. The fourth-order valence-corrected chi connectivity index (χ4v) is 5.64. The van der Waals surface area contributed by atoms with Gasteiger partial charge in [0.15, 0.2) is 15.9 Å². The van der Waals surface area contributed by atoms with Crippen molar-refractivity contribution in [2.75, 3.05) is 37.7 Å². The molecule has 144 valence electrons. The zero-order valence-corrected chi connectivity index (χ0v) is 15.7. The minimum absolute atomic E-state index is 0.0489. The normalized spacial score (nSPS) is 24.0. The van der Waals surface area contributed by atoms with Crippen LogP contribution in [-0.2, 0) is 14.6 Å². The number of piperazine rings is 1. The molecule has 2 aliphatic rings. The molecule has 2 atom stereocenters. The van der Waals surface area contributed by atoms with E-state index >= 15 is 0 Å². The lowest BCUT2D eigenvalue weighted by Crippen LogP contribution is -2.53. The first-order valence-corrected chi connectivity index (χ1v) is 10.9. The maximum atomic E-state index is 13.2. The molecule has 1 aromatic heterocycles. The maximum Gasteiger partial charge on any atom is 0.252 e. The van der Waals surface area contributed by atoms with Crippen LogP contribution in [0, 0.1) is 0 Å². The highest BCUT2D eigenvalue weighted by Crippen LogP contribution is 2.23. The molecule has 2 fully saturated rings. The van der Waals surface area contributed by atoms with Crippen molar-refractivity contribution < 1.29 is 13.2 Å². The Balaban J connectivity index is 1.46. The molecule has 1 aromatic carbocycles. The Bertz CT molecular complexity index is 879. The summed E-state index contributed by atoms with van der Waals surface area (Å²) in [5, 5.41) is 11.3. The number of rotatable bonds is 4. The number of benzene rings is 1. The molecule has 4 rings (SSSR count). The summed E-state index contributed by atoms with van der Waals surface area (Å²) in [6, 6.07) is 8.94. The van der Waals surface area contributed by atoms with E-state index in [-0.39, 0.29) is 23.5 Å². The Morgan fingerprint density at radius 3 is 2.44 bits per heavy atom. The smallest absolute Gasteiger partial charge is 0.252 e. The fraction of sp³-hybridized carbons (Fsp3) is 0.529. The van der Waals surface area contributed by atoms with Crippen LogP contribution in [0.4, 0.5) is 0 Å². The SMILES string of the molecule is O=C([C@@H](c1ccccc1)n1cnnn1)N1CCN([C@@H]2CCS(=O)(=O)C2)CC1. The number of hydrogen-bond donors (Lipinski definition) is 0. The molecule has 3 heterocycles. The number of carbonyl (C=O) groups excluding carboxylic acids is 1. The molecule has 2 aromatic rings. The van der Waals surface area contributed by atoms with E-state index in [1.165, 1.54) is 11.0 Å². The van der Waals surface area contributed by atoms with Gasteiger partial charge in [0.2, 0.25) is 0 Å². The number of nitrogens with zero attached hydrogens (tertiary/aromatic N) is 6. The van der Waals surface area contributed by atoms with E-state index < -0.39 is 15.9 Å². The summed E-state index contributed by atoms with van der Waals surface area (Å²) >= 11 is 0. The molecule has 0 spiro atoms. The summed E-state index contributed by atoms with van der Waals surface area (Å²) < 4.78 is 24.9. The first kappa shape index (κ1) is 18.1. The van der Waals surface area contributed by atoms with Crippen LogP contribution in [0.25, 0.3) is 0 Å². The first-order valence-electron chi connectivity index (χ1n) is 9.04. The van der Waals surface area contributed by atoms with Crippen LogP contribution in [-0.4, -0.2) is 88.1 Å². The van der Waals surface area contributed by atoms with Crippen molar-refractivity contribution in [3.8, 4) is 0 Å². The summed E-state index contributed by atoms with van der Waals surface area (Å²) in [6.45, 7) is 2.51. The highest BCUT2D eigenvalue weighted by atomic mass is 32.2. The van der Waals surface area contributed by atoms with E-state index in [1.807, 2.05) is 35.2 Å². The number of aromatic nitrogens is 4. The van der Waals surface area contributed by atoms with Crippen molar-refractivity contribution in [2.24, 2.45) is 0 Å². The van der Waals surface area contributed by atoms with Gasteiger partial charge < -0.3 is 4.90 Å². The Morgan fingerprint density at radius 1 is 1.11 bits per heavy atom. The van der Waals surface area contributed by atoms with Gasteiger partial charge in [0, 0.05) is 32.2 Å². The molecule has 10 heteroatoms. The second-order valence-corrected chi connectivity index (χ2v) is 9.25. The van der Waals surface area contributed by atoms with Crippen LogP contribution in [0.3, 0.4) is 0 Å². The average molecular weight is 390 g/mol. The predicted octanol–water partition coefficient (Wildman–Crippen LogP) is -0.406. The summed E-state index contributed by atoms with van der Waals surface area (Å²) in [5.74, 6) is 0.455. The minimum Gasteiger partial charge on any atom is -0.338 e. The van der Waals surface area contributed by atoms with E-state index in [1.54, 1.807) is 0 Å². The Labute approximate surface area is 157 Å². The van der Waals surface area contributed by atoms with Gasteiger partial charge >= 0.3 is 0 Å². The van der Waals surface area contributed by atoms with E-state index in [0.29, 0.717) is 32.6 Å². The Kier molecular flexibility index (Phi) is 4.92. The Hall–Kier alpha value is -2.33. The molecule has 0 radical (unpaired) electrons. The number of hydrogen-bond acceptors (Lipinski definition) is 7. The first-order chi connectivity index (χ1) is 13.0. The summed E-state index contributed by atoms with van der Waals surface area (Å²) in [6.07, 6.45) is 2.14.